The number of ether oxygens (including phenoxy) is 2. The SMILES string of the molecule is CC(=O)O[C@]1(C(C)C)/C=C/C(C)CC[C@@H]2O[C@@]2(C)CC/C=C(/C)CC1. The summed E-state index contributed by atoms with van der Waals surface area (Å²) in [5.41, 5.74) is 0.949. The van der Waals surface area contributed by atoms with Crippen LogP contribution in [-0.4, -0.2) is 23.3 Å². The molecular weight excluding hydrogens is 312 g/mol. The van der Waals surface area contributed by atoms with Gasteiger partial charge in [-0.25, -0.2) is 0 Å². The van der Waals surface area contributed by atoms with Crippen LogP contribution < -0.4 is 0 Å². The lowest BCUT2D eigenvalue weighted by Crippen LogP contribution is -2.38. The highest BCUT2D eigenvalue weighted by Gasteiger charge is 2.50. The summed E-state index contributed by atoms with van der Waals surface area (Å²) >= 11 is 0. The third-order valence-corrected chi connectivity index (χ3v) is 5.98. The average molecular weight is 349 g/mol. The molecule has 1 heterocycles. The Morgan fingerprint density at radius 2 is 2.04 bits per heavy atom. The monoisotopic (exact) mass is 348 g/mol. The fourth-order valence-corrected chi connectivity index (χ4v) is 3.85. The van der Waals surface area contributed by atoms with Gasteiger partial charge in [0.2, 0.25) is 0 Å². The number of esters is 1. The molecule has 25 heavy (non-hydrogen) atoms. The second-order valence-electron chi connectivity index (χ2n) is 8.63. The molecule has 0 spiro atoms. The van der Waals surface area contributed by atoms with Crippen molar-refractivity contribution >= 4 is 5.97 Å². The lowest BCUT2D eigenvalue weighted by molar-refractivity contribution is -0.156. The Bertz CT molecular complexity index is 533. The Morgan fingerprint density at radius 3 is 2.68 bits per heavy atom. The summed E-state index contributed by atoms with van der Waals surface area (Å²) in [5, 5.41) is 0. The van der Waals surface area contributed by atoms with Gasteiger partial charge < -0.3 is 9.47 Å². The van der Waals surface area contributed by atoms with Crippen molar-refractivity contribution in [2.24, 2.45) is 11.8 Å². The lowest BCUT2D eigenvalue weighted by Gasteiger charge is -2.35. The summed E-state index contributed by atoms with van der Waals surface area (Å²) in [7, 11) is 0. The van der Waals surface area contributed by atoms with Gasteiger partial charge in [-0.1, -0.05) is 38.5 Å². The predicted molar refractivity (Wildman–Crippen MR) is 102 cm³/mol. The smallest absolute Gasteiger partial charge is 0.303 e. The quantitative estimate of drug-likeness (QED) is 0.371. The molecule has 0 N–H and O–H groups in total. The van der Waals surface area contributed by atoms with E-state index in [1.807, 2.05) is 0 Å². The molecule has 1 aliphatic heterocycles. The van der Waals surface area contributed by atoms with Gasteiger partial charge in [0, 0.05) is 6.92 Å². The molecule has 0 aromatic heterocycles. The summed E-state index contributed by atoms with van der Waals surface area (Å²) < 4.78 is 11.8. The van der Waals surface area contributed by atoms with Crippen LogP contribution in [0.1, 0.15) is 80.1 Å². The Kier molecular flexibility index (Phi) is 6.53. The number of hydrogen-bond donors (Lipinski definition) is 0. The van der Waals surface area contributed by atoms with E-state index in [2.05, 4.69) is 52.8 Å². The highest BCUT2D eigenvalue weighted by molar-refractivity contribution is 5.67. The van der Waals surface area contributed by atoms with Crippen molar-refractivity contribution in [2.45, 2.75) is 97.4 Å². The molecule has 1 unspecified atom stereocenters. The van der Waals surface area contributed by atoms with E-state index in [0.29, 0.717) is 12.0 Å². The standard InChI is InChI=1S/C22H36O3/c1-16(2)22(24-19(5)23)14-11-17(3)8-7-13-21(6)20(25-21)10-9-18(4)12-15-22/h8,12,15-16,18,20H,7,9-11,13-14H2,1-6H3/b15-12+,17-8-/t18?,20-,21-,22-/m0/s1. The molecule has 142 valence electrons. The first kappa shape index (κ1) is 20.2. The van der Waals surface area contributed by atoms with Gasteiger partial charge >= 0.3 is 5.97 Å². The van der Waals surface area contributed by atoms with Crippen molar-refractivity contribution in [3.8, 4) is 0 Å². The van der Waals surface area contributed by atoms with Crippen molar-refractivity contribution in [1.29, 1.82) is 0 Å². The lowest BCUT2D eigenvalue weighted by atomic mass is 9.82. The molecule has 4 atom stereocenters. The maximum absolute atomic E-state index is 11.8. The first-order valence-corrected chi connectivity index (χ1v) is 9.89. The zero-order valence-corrected chi connectivity index (χ0v) is 16.9. The van der Waals surface area contributed by atoms with Crippen LogP contribution in [0.15, 0.2) is 23.8 Å². The molecule has 1 aliphatic carbocycles. The Hall–Kier alpha value is -1.09. The molecule has 0 amide bonds. The van der Waals surface area contributed by atoms with Gasteiger partial charge in [0.05, 0.1) is 11.7 Å². The maximum atomic E-state index is 11.8. The zero-order chi connectivity index (χ0) is 18.7. The fraction of sp³-hybridized carbons (Fsp3) is 0.773. The van der Waals surface area contributed by atoms with E-state index < -0.39 is 5.60 Å². The van der Waals surface area contributed by atoms with Crippen LogP contribution in [0, 0.1) is 11.8 Å². The molecule has 2 rings (SSSR count). The largest absolute Gasteiger partial charge is 0.455 e. The predicted octanol–water partition coefficient (Wildman–Crippen LogP) is 5.59. The van der Waals surface area contributed by atoms with E-state index in [4.69, 9.17) is 9.47 Å². The van der Waals surface area contributed by atoms with E-state index in [0.717, 1.165) is 38.5 Å². The maximum Gasteiger partial charge on any atom is 0.303 e. The molecule has 1 saturated heterocycles. The fourth-order valence-electron chi connectivity index (χ4n) is 3.85. The van der Waals surface area contributed by atoms with E-state index in [9.17, 15) is 4.79 Å². The average Bonchev–Trinajstić information content (AvgIpc) is 3.17. The number of hydrogen-bond acceptors (Lipinski definition) is 3. The number of allylic oxidation sites excluding steroid dienone is 3. The Morgan fingerprint density at radius 1 is 1.32 bits per heavy atom. The minimum absolute atomic E-state index is 0.0871. The van der Waals surface area contributed by atoms with E-state index in [1.165, 1.54) is 12.5 Å². The van der Waals surface area contributed by atoms with E-state index in [-0.39, 0.29) is 17.5 Å². The van der Waals surface area contributed by atoms with Gasteiger partial charge in [-0.3, -0.25) is 4.79 Å². The number of carbonyl (C=O) groups is 1. The zero-order valence-electron chi connectivity index (χ0n) is 16.9. The Labute approximate surface area is 153 Å². The number of rotatable bonds is 2. The van der Waals surface area contributed by atoms with Crippen LogP contribution >= 0.6 is 0 Å². The molecule has 2 aliphatic rings. The van der Waals surface area contributed by atoms with Crippen LogP contribution in [0.25, 0.3) is 0 Å². The molecule has 0 saturated carbocycles. The highest BCUT2D eigenvalue weighted by atomic mass is 16.6. The van der Waals surface area contributed by atoms with Gasteiger partial charge in [0.1, 0.15) is 5.60 Å². The summed E-state index contributed by atoms with van der Waals surface area (Å²) in [6.45, 7) is 12.5. The van der Waals surface area contributed by atoms with Gasteiger partial charge in [-0.2, -0.15) is 0 Å². The molecule has 0 aromatic carbocycles. The molecule has 0 aromatic rings. The van der Waals surface area contributed by atoms with Crippen molar-refractivity contribution < 1.29 is 14.3 Å². The molecule has 3 nitrogen and oxygen atoms in total. The highest BCUT2D eigenvalue weighted by Crippen LogP contribution is 2.44. The van der Waals surface area contributed by atoms with E-state index >= 15 is 0 Å². The van der Waals surface area contributed by atoms with Crippen LogP contribution in [0.3, 0.4) is 0 Å². The summed E-state index contributed by atoms with van der Waals surface area (Å²) in [4.78, 5) is 11.8. The topological polar surface area (TPSA) is 38.8 Å². The second kappa shape index (κ2) is 8.07. The molecule has 3 heteroatoms. The summed E-state index contributed by atoms with van der Waals surface area (Å²) in [6, 6.07) is 0. The number of epoxide rings is 1. The minimum Gasteiger partial charge on any atom is -0.455 e. The van der Waals surface area contributed by atoms with Crippen molar-refractivity contribution in [2.75, 3.05) is 0 Å². The van der Waals surface area contributed by atoms with Crippen molar-refractivity contribution in [1.82, 2.24) is 0 Å². The van der Waals surface area contributed by atoms with Gasteiger partial charge in [0.25, 0.3) is 0 Å². The second-order valence-corrected chi connectivity index (χ2v) is 8.63. The molecule has 1 fully saturated rings. The molecule has 0 radical (unpaired) electrons. The Balaban J connectivity index is 2.21. The van der Waals surface area contributed by atoms with Crippen LogP contribution in [0.4, 0.5) is 0 Å². The first-order valence-electron chi connectivity index (χ1n) is 9.89. The summed E-state index contributed by atoms with van der Waals surface area (Å²) in [5.74, 6) is 0.508. The third-order valence-electron chi connectivity index (χ3n) is 5.98. The van der Waals surface area contributed by atoms with Crippen LogP contribution in [-0.2, 0) is 14.3 Å². The third kappa shape index (κ3) is 5.44. The van der Waals surface area contributed by atoms with Crippen LogP contribution in [0.2, 0.25) is 0 Å². The van der Waals surface area contributed by atoms with Gasteiger partial charge in [-0.15, -0.1) is 0 Å². The van der Waals surface area contributed by atoms with E-state index in [1.54, 1.807) is 0 Å². The summed E-state index contributed by atoms with van der Waals surface area (Å²) in [6.07, 6.45) is 13.3. The number of fused-ring (bicyclic) bond motifs is 1. The first-order chi connectivity index (χ1) is 11.7. The van der Waals surface area contributed by atoms with Gasteiger partial charge in [0.15, 0.2) is 0 Å². The van der Waals surface area contributed by atoms with Crippen molar-refractivity contribution in [3.05, 3.63) is 23.8 Å². The normalized spacial score (nSPS) is 40.4. The number of carbonyl (C=O) groups excluding carboxylic acids is 1. The van der Waals surface area contributed by atoms with Gasteiger partial charge in [-0.05, 0) is 70.3 Å². The molecular formula is C22H36O3. The molecule has 0 bridgehead atoms. The minimum atomic E-state index is -0.510. The van der Waals surface area contributed by atoms with Crippen molar-refractivity contribution in [3.63, 3.8) is 0 Å². The van der Waals surface area contributed by atoms with Crippen LogP contribution in [0.5, 0.6) is 0 Å².